The molecule has 0 aliphatic rings. The van der Waals surface area contributed by atoms with Crippen molar-refractivity contribution in [2.75, 3.05) is 7.11 Å². The molecule has 0 saturated heterocycles. The number of fused-ring (bicyclic) bond motifs is 1. The van der Waals surface area contributed by atoms with Gasteiger partial charge in [0.2, 0.25) is 0 Å². The van der Waals surface area contributed by atoms with Crippen LogP contribution in [0.15, 0.2) is 36.4 Å². The highest BCUT2D eigenvalue weighted by molar-refractivity contribution is 7.71. The summed E-state index contributed by atoms with van der Waals surface area (Å²) in [6.07, 6.45) is 0. The van der Waals surface area contributed by atoms with Crippen LogP contribution in [0, 0.1) is 10.6 Å². The fourth-order valence-electron chi connectivity index (χ4n) is 2.31. The van der Waals surface area contributed by atoms with Crippen LogP contribution in [0.1, 0.15) is 5.56 Å². The largest absolute Gasteiger partial charge is 0.380 e. The number of hydrogen-bond donors (Lipinski definition) is 1. The van der Waals surface area contributed by atoms with E-state index in [0.29, 0.717) is 22.4 Å². The van der Waals surface area contributed by atoms with Crippen LogP contribution < -0.4 is 0 Å². The van der Waals surface area contributed by atoms with Crippen molar-refractivity contribution < 1.29 is 9.13 Å². The maximum absolute atomic E-state index is 13.7. The van der Waals surface area contributed by atoms with Crippen molar-refractivity contribution in [3.63, 3.8) is 0 Å². The van der Waals surface area contributed by atoms with Crippen LogP contribution in [0.4, 0.5) is 4.39 Å². The summed E-state index contributed by atoms with van der Waals surface area (Å²) in [7, 11) is 1.64. The van der Waals surface area contributed by atoms with Gasteiger partial charge in [-0.1, -0.05) is 23.7 Å². The second-order valence-corrected chi connectivity index (χ2v) is 5.45. The van der Waals surface area contributed by atoms with Crippen LogP contribution >= 0.6 is 23.8 Å². The quantitative estimate of drug-likeness (QED) is 0.713. The Hall–Kier alpha value is -1.69. The van der Waals surface area contributed by atoms with Gasteiger partial charge in [0.1, 0.15) is 5.82 Å². The van der Waals surface area contributed by atoms with Gasteiger partial charge >= 0.3 is 0 Å². The van der Waals surface area contributed by atoms with E-state index in [-0.39, 0.29) is 5.02 Å². The fourth-order valence-corrected chi connectivity index (χ4v) is 2.79. The molecule has 3 nitrogen and oxygen atoms in total. The first-order valence-corrected chi connectivity index (χ1v) is 7.07. The zero-order chi connectivity index (χ0) is 15.0. The molecule has 1 aromatic heterocycles. The molecule has 0 spiro atoms. The average Bonchev–Trinajstić information content (AvgIpc) is 2.75. The van der Waals surface area contributed by atoms with Crippen LogP contribution in [0.25, 0.3) is 16.7 Å². The van der Waals surface area contributed by atoms with Crippen molar-refractivity contribution in [2.45, 2.75) is 6.61 Å². The highest BCUT2D eigenvalue weighted by Gasteiger charge is 2.10. The van der Waals surface area contributed by atoms with Gasteiger partial charge in [-0.25, -0.2) is 4.39 Å². The second-order valence-electron chi connectivity index (χ2n) is 4.65. The SMILES string of the molecule is COCc1cccc(-n2c(=S)[nH]c3cc(Cl)c(F)cc32)c1. The van der Waals surface area contributed by atoms with Crippen molar-refractivity contribution in [3.05, 3.63) is 57.6 Å². The van der Waals surface area contributed by atoms with Crippen molar-refractivity contribution in [3.8, 4) is 5.69 Å². The smallest absolute Gasteiger partial charge is 0.182 e. The lowest BCUT2D eigenvalue weighted by atomic mass is 10.2. The van der Waals surface area contributed by atoms with Gasteiger partial charge in [0.15, 0.2) is 4.77 Å². The minimum atomic E-state index is -0.472. The summed E-state index contributed by atoms with van der Waals surface area (Å²) in [5, 5.41) is 0.0685. The van der Waals surface area contributed by atoms with Crippen molar-refractivity contribution in [1.82, 2.24) is 9.55 Å². The molecule has 0 unspecified atom stereocenters. The number of aromatic nitrogens is 2. The van der Waals surface area contributed by atoms with E-state index in [2.05, 4.69) is 4.98 Å². The van der Waals surface area contributed by atoms with Gasteiger partial charge in [0.25, 0.3) is 0 Å². The Morgan fingerprint density at radius 1 is 1.33 bits per heavy atom. The molecular formula is C15H12ClFN2OS. The van der Waals surface area contributed by atoms with Gasteiger partial charge in [-0.05, 0) is 36.0 Å². The topological polar surface area (TPSA) is 29.9 Å². The average molecular weight is 323 g/mol. The molecular weight excluding hydrogens is 311 g/mol. The Bertz CT molecular complexity index is 872. The second kappa shape index (κ2) is 5.60. The predicted octanol–water partition coefficient (Wildman–Crippen LogP) is 4.63. The fraction of sp³-hybridized carbons (Fsp3) is 0.133. The summed E-state index contributed by atoms with van der Waals surface area (Å²) < 4.78 is 21.1. The number of ether oxygens (including phenoxy) is 1. The van der Waals surface area contributed by atoms with Crippen LogP contribution in [-0.4, -0.2) is 16.7 Å². The third-order valence-electron chi connectivity index (χ3n) is 3.20. The molecule has 3 aromatic rings. The molecule has 108 valence electrons. The highest BCUT2D eigenvalue weighted by atomic mass is 35.5. The molecule has 0 fully saturated rings. The molecule has 0 radical (unpaired) electrons. The Morgan fingerprint density at radius 3 is 2.90 bits per heavy atom. The predicted molar refractivity (Wildman–Crippen MR) is 84.1 cm³/mol. The lowest BCUT2D eigenvalue weighted by molar-refractivity contribution is 0.185. The summed E-state index contributed by atoms with van der Waals surface area (Å²) in [6.45, 7) is 0.504. The van der Waals surface area contributed by atoms with E-state index in [1.165, 1.54) is 12.1 Å². The van der Waals surface area contributed by atoms with Crippen LogP contribution in [0.5, 0.6) is 0 Å². The molecule has 21 heavy (non-hydrogen) atoms. The van der Waals surface area contributed by atoms with E-state index >= 15 is 0 Å². The first kappa shape index (κ1) is 14.3. The van der Waals surface area contributed by atoms with E-state index in [0.717, 1.165) is 11.3 Å². The Labute approximate surface area is 130 Å². The zero-order valence-corrected chi connectivity index (χ0v) is 12.8. The summed E-state index contributed by atoms with van der Waals surface area (Å²) in [5.74, 6) is -0.472. The van der Waals surface area contributed by atoms with Crippen molar-refractivity contribution in [2.24, 2.45) is 0 Å². The number of rotatable bonds is 3. The standard InChI is InChI=1S/C15H12ClFN2OS/c1-20-8-9-3-2-4-10(5-9)19-14-7-12(17)11(16)6-13(14)18-15(19)21/h2-7H,8H2,1H3,(H,18,21). The number of nitrogens with zero attached hydrogens (tertiary/aromatic N) is 1. The van der Waals surface area contributed by atoms with Gasteiger partial charge in [0.05, 0.1) is 22.7 Å². The van der Waals surface area contributed by atoms with E-state index in [1.54, 1.807) is 11.7 Å². The van der Waals surface area contributed by atoms with Crippen molar-refractivity contribution >= 4 is 34.9 Å². The van der Waals surface area contributed by atoms with E-state index < -0.39 is 5.82 Å². The molecule has 2 aromatic carbocycles. The molecule has 3 rings (SSSR count). The van der Waals surface area contributed by atoms with Crippen LogP contribution in [0.3, 0.4) is 0 Å². The molecule has 0 aliphatic carbocycles. The maximum Gasteiger partial charge on any atom is 0.182 e. The maximum atomic E-state index is 13.7. The molecule has 1 heterocycles. The van der Waals surface area contributed by atoms with Gasteiger partial charge in [0, 0.05) is 18.9 Å². The number of H-pyrrole nitrogens is 1. The van der Waals surface area contributed by atoms with E-state index in [9.17, 15) is 4.39 Å². The minimum absolute atomic E-state index is 0.0685. The van der Waals surface area contributed by atoms with Crippen LogP contribution in [0.2, 0.25) is 5.02 Å². The number of aromatic amines is 1. The Kier molecular flexibility index (Phi) is 3.80. The highest BCUT2D eigenvalue weighted by Crippen LogP contribution is 2.25. The first-order valence-electron chi connectivity index (χ1n) is 6.28. The third kappa shape index (κ3) is 2.60. The monoisotopic (exact) mass is 322 g/mol. The van der Waals surface area contributed by atoms with Gasteiger partial charge < -0.3 is 9.72 Å². The molecule has 6 heteroatoms. The number of halogens is 2. The normalized spacial score (nSPS) is 11.2. The summed E-state index contributed by atoms with van der Waals surface area (Å²) in [6, 6.07) is 10.7. The van der Waals surface area contributed by atoms with Crippen molar-refractivity contribution in [1.29, 1.82) is 0 Å². The number of benzene rings is 2. The lowest BCUT2D eigenvalue weighted by Crippen LogP contribution is -1.96. The molecule has 0 aliphatic heterocycles. The Balaban J connectivity index is 2.24. The Morgan fingerprint density at radius 2 is 2.14 bits per heavy atom. The summed E-state index contributed by atoms with van der Waals surface area (Å²) in [5.41, 5.74) is 3.21. The molecule has 0 amide bonds. The van der Waals surface area contributed by atoms with E-state index in [1.807, 2.05) is 24.3 Å². The molecule has 0 atom stereocenters. The minimum Gasteiger partial charge on any atom is -0.380 e. The summed E-state index contributed by atoms with van der Waals surface area (Å²) in [4.78, 5) is 3.04. The number of imidazole rings is 1. The third-order valence-corrected chi connectivity index (χ3v) is 3.78. The molecule has 0 saturated carbocycles. The number of hydrogen-bond acceptors (Lipinski definition) is 2. The molecule has 0 bridgehead atoms. The van der Waals surface area contributed by atoms with Crippen LogP contribution in [-0.2, 0) is 11.3 Å². The zero-order valence-electron chi connectivity index (χ0n) is 11.2. The summed E-state index contributed by atoms with van der Waals surface area (Å²) >= 11 is 11.1. The number of nitrogens with one attached hydrogen (secondary N) is 1. The number of methoxy groups -OCH3 is 1. The lowest BCUT2D eigenvalue weighted by Gasteiger charge is -2.07. The van der Waals surface area contributed by atoms with Gasteiger partial charge in [-0.15, -0.1) is 0 Å². The van der Waals surface area contributed by atoms with Gasteiger partial charge in [-0.3, -0.25) is 4.57 Å². The van der Waals surface area contributed by atoms with Gasteiger partial charge in [-0.2, -0.15) is 0 Å². The van der Waals surface area contributed by atoms with E-state index in [4.69, 9.17) is 28.6 Å². The molecule has 1 N–H and O–H groups in total. The first-order chi connectivity index (χ1) is 10.1.